The van der Waals surface area contributed by atoms with Crippen LogP contribution in [-0.4, -0.2) is 28.5 Å². The summed E-state index contributed by atoms with van der Waals surface area (Å²) in [5, 5.41) is 0. The molecule has 0 aromatic carbocycles. The second kappa shape index (κ2) is 4.64. The van der Waals surface area contributed by atoms with Crippen molar-refractivity contribution in [3.8, 4) is 0 Å². The molecule has 4 heteroatoms. The van der Waals surface area contributed by atoms with Crippen molar-refractivity contribution >= 4 is 21.8 Å². The predicted octanol–water partition coefficient (Wildman–Crippen LogP) is 2.27. The van der Waals surface area contributed by atoms with E-state index in [0.717, 1.165) is 23.4 Å². The second-order valence-electron chi connectivity index (χ2n) is 3.08. The molecule has 0 aliphatic rings. The zero-order valence-electron chi connectivity index (χ0n) is 8.75. The Labute approximate surface area is 92.8 Å². The Bertz CT molecular complexity index is 329. The lowest BCUT2D eigenvalue weighted by molar-refractivity contribution is 0.0763. The van der Waals surface area contributed by atoms with E-state index in [-0.39, 0.29) is 5.91 Å². The molecule has 0 saturated heterocycles. The Hall–Kier alpha value is -0.770. The Morgan fingerprint density at radius 1 is 1.43 bits per heavy atom. The van der Waals surface area contributed by atoms with E-state index in [1.54, 1.807) is 0 Å². The molecule has 0 aliphatic carbocycles. The number of aromatic nitrogens is 1. The molecule has 0 bridgehead atoms. The summed E-state index contributed by atoms with van der Waals surface area (Å²) in [6.07, 6.45) is 0. The summed E-state index contributed by atoms with van der Waals surface area (Å²) in [4.78, 5) is 13.7. The number of carbonyl (C=O) groups is 1. The van der Waals surface area contributed by atoms with Crippen molar-refractivity contribution in [1.82, 2.24) is 9.47 Å². The monoisotopic (exact) mass is 258 g/mol. The molecule has 1 heterocycles. The first-order valence-corrected chi connectivity index (χ1v) is 5.51. The summed E-state index contributed by atoms with van der Waals surface area (Å²) in [6, 6.07) is 3.72. The van der Waals surface area contributed by atoms with Gasteiger partial charge < -0.3 is 9.47 Å². The zero-order chi connectivity index (χ0) is 10.7. The van der Waals surface area contributed by atoms with Gasteiger partial charge in [-0.05, 0) is 41.9 Å². The Morgan fingerprint density at radius 3 is 2.36 bits per heavy atom. The minimum atomic E-state index is 0.0863. The predicted molar refractivity (Wildman–Crippen MR) is 60.4 cm³/mol. The third-order valence-corrected chi connectivity index (χ3v) is 3.13. The first-order chi connectivity index (χ1) is 6.61. The summed E-state index contributed by atoms with van der Waals surface area (Å²) in [5.74, 6) is 0.0863. The van der Waals surface area contributed by atoms with Crippen LogP contribution >= 0.6 is 15.9 Å². The first kappa shape index (κ1) is 11.3. The highest BCUT2D eigenvalue weighted by molar-refractivity contribution is 9.10. The normalized spacial score (nSPS) is 10.3. The zero-order valence-corrected chi connectivity index (χ0v) is 10.3. The molecule has 0 N–H and O–H groups in total. The van der Waals surface area contributed by atoms with E-state index >= 15 is 0 Å². The molecular formula is C10H15BrN2O. The molecule has 0 atom stereocenters. The molecular weight excluding hydrogens is 244 g/mol. The fourth-order valence-corrected chi connectivity index (χ4v) is 1.70. The van der Waals surface area contributed by atoms with Gasteiger partial charge in [-0.1, -0.05) is 0 Å². The highest BCUT2D eigenvalue weighted by Crippen LogP contribution is 2.15. The number of halogens is 1. The van der Waals surface area contributed by atoms with Gasteiger partial charge in [0.1, 0.15) is 5.69 Å². The summed E-state index contributed by atoms with van der Waals surface area (Å²) >= 11 is 3.37. The highest BCUT2D eigenvalue weighted by Gasteiger charge is 2.16. The number of carbonyl (C=O) groups excluding carboxylic acids is 1. The maximum atomic E-state index is 11.9. The standard InChI is InChI=1S/C10H15BrN2O/c1-4-13(5-2)10(14)8-6-7-9(11)12(8)3/h6-7H,4-5H2,1-3H3. The van der Waals surface area contributed by atoms with E-state index in [4.69, 9.17) is 0 Å². The molecule has 3 nitrogen and oxygen atoms in total. The Kier molecular flexibility index (Phi) is 3.75. The van der Waals surface area contributed by atoms with E-state index in [2.05, 4.69) is 15.9 Å². The molecule has 1 aromatic heterocycles. The topological polar surface area (TPSA) is 25.2 Å². The smallest absolute Gasteiger partial charge is 0.270 e. The lowest BCUT2D eigenvalue weighted by Gasteiger charge is -2.18. The molecule has 1 amide bonds. The summed E-state index contributed by atoms with van der Waals surface area (Å²) in [5.41, 5.74) is 0.723. The van der Waals surface area contributed by atoms with Crippen LogP contribution in [0.1, 0.15) is 24.3 Å². The van der Waals surface area contributed by atoms with Gasteiger partial charge in [-0.25, -0.2) is 0 Å². The van der Waals surface area contributed by atoms with Gasteiger partial charge in [0.15, 0.2) is 0 Å². The number of nitrogens with zero attached hydrogens (tertiary/aromatic N) is 2. The van der Waals surface area contributed by atoms with Crippen molar-refractivity contribution in [1.29, 1.82) is 0 Å². The van der Waals surface area contributed by atoms with E-state index in [1.807, 2.05) is 42.5 Å². The van der Waals surface area contributed by atoms with Crippen molar-refractivity contribution in [3.63, 3.8) is 0 Å². The molecule has 0 fully saturated rings. The SMILES string of the molecule is CCN(CC)C(=O)c1ccc(Br)n1C. The molecule has 1 aromatic rings. The van der Waals surface area contributed by atoms with Crippen LogP contribution in [0.2, 0.25) is 0 Å². The third kappa shape index (κ3) is 2.00. The molecule has 1 rings (SSSR count). The Balaban J connectivity index is 2.94. The van der Waals surface area contributed by atoms with Crippen LogP contribution in [-0.2, 0) is 7.05 Å². The van der Waals surface area contributed by atoms with E-state index in [0.29, 0.717) is 0 Å². The van der Waals surface area contributed by atoms with Gasteiger partial charge in [0.05, 0.1) is 4.60 Å². The first-order valence-electron chi connectivity index (χ1n) is 4.72. The highest BCUT2D eigenvalue weighted by atomic mass is 79.9. The third-order valence-electron chi connectivity index (χ3n) is 2.33. The van der Waals surface area contributed by atoms with E-state index in [9.17, 15) is 4.79 Å². The maximum absolute atomic E-state index is 11.9. The van der Waals surface area contributed by atoms with Gasteiger partial charge in [-0.15, -0.1) is 0 Å². The minimum absolute atomic E-state index is 0.0863. The quantitative estimate of drug-likeness (QED) is 0.817. The van der Waals surface area contributed by atoms with Crippen LogP contribution in [0.15, 0.2) is 16.7 Å². The second-order valence-corrected chi connectivity index (χ2v) is 3.89. The largest absolute Gasteiger partial charge is 0.338 e. The molecule has 0 saturated carbocycles. The van der Waals surface area contributed by atoms with Crippen LogP contribution in [0.3, 0.4) is 0 Å². The molecule has 0 radical (unpaired) electrons. The summed E-state index contributed by atoms with van der Waals surface area (Å²) < 4.78 is 2.77. The number of hydrogen-bond donors (Lipinski definition) is 0. The molecule has 78 valence electrons. The van der Waals surface area contributed by atoms with Gasteiger partial charge in [0.2, 0.25) is 0 Å². The number of amides is 1. The fraction of sp³-hybridized carbons (Fsp3) is 0.500. The van der Waals surface area contributed by atoms with Gasteiger partial charge >= 0.3 is 0 Å². The van der Waals surface area contributed by atoms with Crippen LogP contribution < -0.4 is 0 Å². The van der Waals surface area contributed by atoms with Crippen LogP contribution in [0.4, 0.5) is 0 Å². The van der Waals surface area contributed by atoms with Crippen molar-refractivity contribution in [2.24, 2.45) is 7.05 Å². The average Bonchev–Trinajstić information content (AvgIpc) is 2.49. The van der Waals surface area contributed by atoms with Crippen molar-refractivity contribution in [3.05, 3.63) is 22.4 Å². The average molecular weight is 259 g/mol. The molecule has 0 spiro atoms. The van der Waals surface area contributed by atoms with Gasteiger partial charge in [0, 0.05) is 20.1 Å². The van der Waals surface area contributed by atoms with Gasteiger partial charge in [0.25, 0.3) is 5.91 Å². The van der Waals surface area contributed by atoms with E-state index in [1.165, 1.54) is 0 Å². The van der Waals surface area contributed by atoms with Crippen molar-refractivity contribution in [2.75, 3.05) is 13.1 Å². The molecule has 0 unspecified atom stereocenters. The summed E-state index contributed by atoms with van der Waals surface area (Å²) in [7, 11) is 1.88. The summed E-state index contributed by atoms with van der Waals surface area (Å²) in [6.45, 7) is 5.47. The lowest BCUT2D eigenvalue weighted by Crippen LogP contribution is -2.31. The minimum Gasteiger partial charge on any atom is -0.338 e. The Morgan fingerprint density at radius 2 is 2.00 bits per heavy atom. The fourth-order valence-electron chi connectivity index (χ4n) is 1.37. The number of hydrogen-bond acceptors (Lipinski definition) is 1. The molecule has 14 heavy (non-hydrogen) atoms. The lowest BCUT2D eigenvalue weighted by atomic mass is 10.3. The number of rotatable bonds is 3. The van der Waals surface area contributed by atoms with Crippen LogP contribution in [0.25, 0.3) is 0 Å². The van der Waals surface area contributed by atoms with Crippen LogP contribution in [0, 0.1) is 0 Å². The van der Waals surface area contributed by atoms with E-state index < -0.39 is 0 Å². The maximum Gasteiger partial charge on any atom is 0.270 e. The van der Waals surface area contributed by atoms with Crippen LogP contribution in [0.5, 0.6) is 0 Å². The van der Waals surface area contributed by atoms with Crippen molar-refractivity contribution in [2.45, 2.75) is 13.8 Å². The van der Waals surface area contributed by atoms with Crippen molar-refractivity contribution < 1.29 is 4.79 Å². The van der Waals surface area contributed by atoms with Gasteiger partial charge in [-0.3, -0.25) is 4.79 Å². The van der Waals surface area contributed by atoms with Gasteiger partial charge in [-0.2, -0.15) is 0 Å². The molecule has 0 aliphatic heterocycles.